The topological polar surface area (TPSA) is 30.0 Å². The van der Waals surface area contributed by atoms with Crippen molar-refractivity contribution in [2.24, 2.45) is 0 Å². The van der Waals surface area contributed by atoms with Crippen molar-refractivity contribution < 1.29 is 4.79 Å². The van der Waals surface area contributed by atoms with E-state index in [4.69, 9.17) is 0 Å². The van der Waals surface area contributed by atoms with Crippen LogP contribution in [0.3, 0.4) is 0 Å². The average Bonchev–Trinajstić information content (AvgIpc) is 2.87. The molecule has 0 aromatic carbocycles. The van der Waals surface area contributed by atoms with Gasteiger partial charge in [0.15, 0.2) is 5.78 Å². The monoisotopic (exact) mass is 161 g/mol. The Labute approximate surface area is 71.6 Å². The molecule has 1 heterocycles. The molecule has 0 radical (unpaired) electrons. The summed E-state index contributed by atoms with van der Waals surface area (Å²) in [6.07, 6.45) is 5.89. The molecule has 1 fully saturated rings. The molecular formula is C10H11NO. The first-order valence-corrected chi connectivity index (χ1v) is 4.24. The van der Waals surface area contributed by atoms with Crippen molar-refractivity contribution in [1.82, 2.24) is 4.98 Å². The third-order valence-corrected chi connectivity index (χ3v) is 2.25. The van der Waals surface area contributed by atoms with Gasteiger partial charge in [-0.1, -0.05) is 0 Å². The number of carbonyl (C=O) groups excluding carboxylic acids is 1. The Morgan fingerprint density at radius 2 is 2.33 bits per heavy atom. The Morgan fingerprint density at radius 3 is 2.92 bits per heavy atom. The minimum absolute atomic E-state index is 0.130. The van der Waals surface area contributed by atoms with Crippen LogP contribution in [0.5, 0.6) is 0 Å². The van der Waals surface area contributed by atoms with Crippen molar-refractivity contribution >= 4 is 5.78 Å². The largest absolute Gasteiger partial charge is 0.294 e. The summed E-state index contributed by atoms with van der Waals surface area (Å²) >= 11 is 0. The maximum atomic E-state index is 11.2. The fourth-order valence-corrected chi connectivity index (χ4v) is 1.45. The van der Waals surface area contributed by atoms with Crippen molar-refractivity contribution in [2.75, 3.05) is 0 Å². The lowest BCUT2D eigenvalue weighted by atomic mass is 10.0. The van der Waals surface area contributed by atoms with Crippen molar-refractivity contribution in [3.8, 4) is 0 Å². The number of pyridine rings is 1. The van der Waals surface area contributed by atoms with Gasteiger partial charge in [0.2, 0.25) is 0 Å². The lowest BCUT2D eigenvalue weighted by molar-refractivity contribution is 0.101. The predicted octanol–water partition coefficient (Wildman–Crippen LogP) is 2.16. The van der Waals surface area contributed by atoms with Crippen LogP contribution in [0.15, 0.2) is 18.5 Å². The summed E-state index contributed by atoms with van der Waals surface area (Å²) in [5.41, 5.74) is 2.00. The predicted molar refractivity (Wildman–Crippen MR) is 46.2 cm³/mol. The normalized spacial score (nSPS) is 16.1. The van der Waals surface area contributed by atoms with Gasteiger partial charge in [-0.25, -0.2) is 0 Å². The lowest BCUT2D eigenvalue weighted by Gasteiger charge is -2.02. The van der Waals surface area contributed by atoms with Crippen LogP contribution in [-0.4, -0.2) is 10.8 Å². The fraction of sp³-hybridized carbons (Fsp3) is 0.400. The Kier molecular flexibility index (Phi) is 1.68. The number of ketones is 1. The molecule has 2 nitrogen and oxygen atoms in total. The molecule has 0 atom stereocenters. The lowest BCUT2D eigenvalue weighted by Crippen LogP contribution is -1.98. The molecule has 2 rings (SSSR count). The molecule has 0 N–H and O–H groups in total. The number of hydrogen-bond donors (Lipinski definition) is 0. The summed E-state index contributed by atoms with van der Waals surface area (Å²) in [5, 5.41) is 0. The molecule has 62 valence electrons. The minimum atomic E-state index is 0.130. The fourth-order valence-electron chi connectivity index (χ4n) is 1.45. The number of hydrogen-bond acceptors (Lipinski definition) is 2. The van der Waals surface area contributed by atoms with E-state index >= 15 is 0 Å². The highest BCUT2D eigenvalue weighted by molar-refractivity contribution is 5.95. The highest BCUT2D eigenvalue weighted by atomic mass is 16.1. The number of Topliss-reactive ketones (excluding diaryl/α,β-unsaturated/α-hetero) is 1. The van der Waals surface area contributed by atoms with Gasteiger partial charge in [0.05, 0.1) is 0 Å². The van der Waals surface area contributed by atoms with E-state index < -0.39 is 0 Å². The zero-order valence-corrected chi connectivity index (χ0v) is 7.08. The first kappa shape index (κ1) is 7.47. The second-order valence-corrected chi connectivity index (χ2v) is 3.29. The van der Waals surface area contributed by atoms with E-state index in [1.54, 1.807) is 19.3 Å². The van der Waals surface area contributed by atoms with E-state index in [9.17, 15) is 4.79 Å². The molecule has 1 saturated carbocycles. The average molecular weight is 161 g/mol. The minimum Gasteiger partial charge on any atom is -0.294 e. The van der Waals surface area contributed by atoms with E-state index in [0.29, 0.717) is 5.92 Å². The first-order valence-electron chi connectivity index (χ1n) is 4.24. The molecule has 0 bridgehead atoms. The van der Waals surface area contributed by atoms with E-state index in [1.807, 2.05) is 6.07 Å². The SMILES string of the molecule is CC(=O)c1cnccc1C1CC1. The van der Waals surface area contributed by atoms with Gasteiger partial charge in [-0.2, -0.15) is 0 Å². The molecular weight excluding hydrogens is 150 g/mol. The Bertz CT molecular complexity index is 315. The van der Waals surface area contributed by atoms with Gasteiger partial charge in [-0.3, -0.25) is 9.78 Å². The van der Waals surface area contributed by atoms with Crippen LogP contribution >= 0.6 is 0 Å². The maximum absolute atomic E-state index is 11.2. The third kappa shape index (κ3) is 1.24. The molecule has 12 heavy (non-hydrogen) atoms. The van der Waals surface area contributed by atoms with E-state index in [-0.39, 0.29) is 5.78 Å². The van der Waals surface area contributed by atoms with Gasteiger partial charge in [0.25, 0.3) is 0 Å². The highest BCUT2D eigenvalue weighted by Gasteiger charge is 2.26. The summed E-state index contributed by atoms with van der Waals surface area (Å²) in [4.78, 5) is 15.1. The summed E-state index contributed by atoms with van der Waals surface area (Å²) in [6.45, 7) is 1.60. The van der Waals surface area contributed by atoms with Gasteiger partial charge in [-0.05, 0) is 37.3 Å². The molecule has 0 amide bonds. The van der Waals surface area contributed by atoms with Crippen LogP contribution in [0, 0.1) is 0 Å². The van der Waals surface area contributed by atoms with Crippen LogP contribution in [0.4, 0.5) is 0 Å². The molecule has 0 unspecified atom stereocenters. The summed E-state index contributed by atoms with van der Waals surface area (Å²) in [5.74, 6) is 0.761. The van der Waals surface area contributed by atoms with Crippen molar-refractivity contribution in [1.29, 1.82) is 0 Å². The number of nitrogens with zero attached hydrogens (tertiary/aromatic N) is 1. The van der Waals surface area contributed by atoms with Crippen LogP contribution in [-0.2, 0) is 0 Å². The van der Waals surface area contributed by atoms with Gasteiger partial charge in [0, 0.05) is 18.0 Å². The third-order valence-electron chi connectivity index (χ3n) is 2.25. The molecule has 1 aromatic heterocycles. The second-order valence-electron chi connectivity index (χ2n) is 3.29. The molecule has 2 heteroatoms. The molecule has 1 aliphatic carbocycles. The van der Waals surface area contributed by atoms with Crippen LogP contribution in [0.1, 0.15) is 41.6 Å². The van der Waals surface area contributed by atoms with Crippen molar-refractivity contribution in [2.45, 2.75) is 25.7 Å². The Morgan fingerprint density at radius 1 is 1.58 bits per heavy atom. The van der Waals surface area contributed by atoms with E-state index in [2.05, 4.69) is 4.98 Å². The standard InChI is InChI=1S/C10H11NO/c1-7(12)10-6-11-5-4-9(10)8-2-3-8/h4-6,8H,2-3H2,1H3. The summed E-state index contributed by atoms with van der Waals surface area (Å²) in [7, 11) is 0. The number of carbonyl (C=O) groups is 1. The molecule has 0 spiro atoms. The summed E-state index contributed by atoms with van der Waals surface area (Å²) in [6, 6.07) is 1.97. The van der Waals surface area contributed by atoms with Crippen LogP contribution < -0.4 is 0 Å². The smallest absolute Gasteiger partial charge is 0.161 e. The van der Waals surface area contributed by atoms with Gasteiger partial charge < -0.3 is 0 Å². The molecule has 0 aliphatic heterocycles. The quantitative estimate of drug-likeness (QED) is 0.622. The first-order chi connectivity index (χ1) is 5.79. The van der Waals surface area contributed by atoms with Crippen LogP contribution in [0.25, 0.3) is 0 Å². The zero-order chi connectivity index (χ0) is 8.55. The van der Waals surface area contributed by atoms with Crippen molar-refractivity contribution in [3.05, 3.63) is 29.6 Å². The van der Waals surface area contributed by atoms with Gasteiger partial charge in [0.1, 0.15) is 0 Å². The van der Waals surface area contributed by atoms with Gasteiger partial charge in [-0.15, -0.1) is 0 Å². The van der Waals surface area contributed by atoms with Gasteiger partial charge >= 0.3 is 0 Å². The number of aromatic nitrogens is 1. The van der Waals surface area contributed by atoms with Crippen LogP contribution in [0.2, 0.25) is 0 Å². The van der Waals surface area contributed by atoms with E-state index in [1.165, 1.54) is 18.4 Å². The second kappa shape index (κ2) is 2.70. The zero-order valence-electron chi connectivity index (χ0n) is 7.08. The maximum Gasteiger partial charge on any atom is 0.161 e. The number of rotatable bonds is 2. The molecule has 0 saturated heterocycles. The summed E-state index contributed by atoms with van der Waals surface area (Å²) < 4.78 is 0. The van der Waals surface area contributed by atoms with Crippen molar-refractivity contribution in [3.63, 3.8) is 0 Å². The molecule has 1 aromatic rings. The molecule has 1 aliphatic rings. The Balaban J connectivity index is 2.43. The van der Waals surface area contributed by atoms with E-state index in [0.717, 1.165) is 5.56 Å². The Hall–Kier alpha value is -1.18. The highest BCUT2D eigenvalue weighted by Crippen LogP contribution is 2.41.